The van der Waals surface area contributed by atoms with Gasteiger partial charge >= 0.3 is 0 Å². The fourth-order valence-corrected chi connectivity index (χ4v) is 3.85. The zero-order valence-corrected chi connectivity index (χ0v) is 16.3. The molecule has 0 unspecified atom stereocenters. The largest absolute Gasteiger partial charge is 0.491 e. The van der Waals surface area contributed by atoms with Crippen molar-refractivity contribution in [3.63, 3.8) is 0 Å². The lowest BCUT2D eigenvalue weighted by Crippen LogP contribution is -2.28. The van der Waals surface area contributed by atoms with Crippen molar-refractivity contribution < 1.29 is 22.7 Å². The van der Waals surface area contributed by atoms with Crippen molar-refractivity contribution in [3.05, 3.63) is 54.1 Å². The fourth-order valence-electron chi connectivity index (χ4n) is 2.61. The molecule has 148 valence electrons. The lowest BCUT2D eigenvalue weighted by molar-refractivity contribution is -0.117. The smallest absolute Gasteiger partial charge is 0.263 e. The molecule has 0 fully saturated rings. The van der Waals surface area contributed by atoms with Gasteiger partial charge in [0.1, 0.15) is 24.2 Å². The van der Waals surface area contributed by atoms with Crippen LogP contribution in [0.2, 0.25) is 0 Å². The molecular weight excluding hydrogens is 382 g/mol. The van der Waals surface area contributed by atoms with Crippen LogP contribution >= 0.6 is 0 Å². The number of amidine groups is 1. The number of sulfonamides is 1. The maximum Gasteiger partial charge on any atom is 0.263 e. The number of fused-ring (bicyclic) bond motifs is 1. The Morgan fingerprint density at radius 3 is 2.57 bits per heavy atom. The highest BCUT2D eigenvalue weighted by Crippen LogP contribution is 2.23. The number of benzene rings is 2. The van der Waals surface area contributed by atoms with Crippen LogP contribution in [-0.2, 0) is 19.6 Å². The number of ether oxygens (including phenoxy) is 2. The summed E-state index contributed by atoms with van der Waals surface area (Å²) in [6, 6.07) is 12.6. The first kappa shape index (κ1) is 19.8. The second kappa shape index (κ2) is 8.41. The SMILES string of the molecule is COCCOc1ccc(NC(=O)[C@H](C)N=C2NS(=O)(=O)c3ccccc32)cc1. The van der Waals surface area contributed by atoms with Crippen LogP contribution in [0.15, 0.2) is 58.4 Å². The first-order chi connectivity index (χ1) is 13.4. The van der Waals surface area contributed by atoms with Crippen LogP contribution in [-0.4, -0.2) is 46.5 Å². The molecule has 8 nitrogen and oxygen atoms in total. The number of hydrogen-bond donors (Lipinski definition) is 2. The molecule has 1 heterocycles. The van der Waals surface area contributed by atoms with Crippen LogP contribution in [0.25, 0.3) is 0 Å². The van der Waals surface area contributed by atoms with Crippen molar-refractivity contribution in [3.8, 4) is 5.75 Å². The molecule has 3 rings (SSSR count). The highest BCUT2D eigenvalue weighted by Gasteiger charge is 2.31. The van der Waals surface area contributed by atoms with Crippen LogP contribution < -0.4 is 14.8 Å². The number of rotatable bonds is 7. The molecular formula is C19H21N3O5S. The van der Waals surface area contributed by atoms with E-state index < -0.39 is 16.1 Å². The van der Waals surface area contributed by atoms with E-state index in [0.717, 1.165) is 0 Å². The normalized spacial score (nSPS) is 16.9. The van der Waals surface area contributed by atoms with Gasteiger partial charge in [0.2, 0.25) is 5.91 Å². The average molecular weight is 403 g/mol. The van der Waals surface area contributed by atoms with Gasteiger partial charge in [0.25, 0.3) is 10.0 Å². The molecule has 9 heteroatoms. The molecule has 0 saturated heterocycles. The van der Waals surface area contributed by atoms with Crippen molar-refractivity contribution in [2.45, 2.75) is 17.9 Å². The number of nitrogens with zero attached hydrogens (tertiary/aromatic N) is 1. The van der Waals surface area contributed by atoms with E-state index in [2.05, 4.69) is 15.0 Å². The fraction of sp³-hybridized carbons (Fsp3) is 0.263. The first-order valence-electron chi connectivity index (χ1n) is 8.63. The third-order valence-electron chi connectivity index (χ3n) is 4.04. The first-order valence-corrected chi connectivity index (χ1v) is 10.1. The van der Waals surface area contributed by atoms with Crippen LogP contribution in [0.1, 0.15) is 12.5 Å². The minimum atomic E-state index is -3.63. The van der Waals surface area contributed by atoms with Crippen molar-refractivity contribution in [2.75, 3.05) is 25.6 Å². The minimum absolute atomic E-state index is 0.158. The van der Waals surface area contributed by atoms with Gasteiger partial charge in [-0.2, -0.15) is 0 Å². The summed E-state index contributed by atoms with van der Waals surface area (Å²) in [6.07, 6.45) is 0. The Bertz CT molecular complexity index is 987. The molecule has 1 amide bonds. The summed E-state index contributed by atoms with van der Waals surface area (Å²) in [4.78, 5) is 16.8. The maximum atomic E-state index is 12.4. The number of carbonyl (C=O) groups excluding carboxylic acids is 1. The minimum Gasteiger partial charge on any atom is -0.491 e. The molecule has 0 saturated carbocycles. The number of amides is 1. The monoisotopic (exact) mass is 403 g/mol. The quantitative estimate of drug-likeness (QED) is 0.686. The van der Waals surface area contributed by atoms with E-state index in [0.29, 0.717) is 30.2 Å². The summed E-state index contributed by atoms with van der Waals surface area (Å²) in [5, 5.41) is 2.75. The standard InChI is InChI=1S/C19H21N3O5S/c1-13(20-18-16-5-3-4-6-17(16)28(24,25)22-18)19(23)21-14-7-9-15(10-8-14)27-12-11-26-2/h3-10,13H,11-12H2,1-2H3,(H,20,22)(H,21,23)/t13-/m0/s1. The average Bonchev–Trinajstić information content (AvgIpc) is 2.94. The Kier molecular flexibility index (Phi) is 5.96. The third kappa shape index (κ3) is 4.49. The molecule has 1 aliphatic rings. The Morgan fingerprint density at radius 2 is 1.86 bits per heavy atom. The van der Waals surface area contributed by atoms with E-state index in [-0.39, 0.29) is 16.6 Å². The van der Waals surface area contributed by atoms with Gasteiger partial charge in [-0.25, -0.2) is 8.42 Å². The lowest BCUT2D eigenvalue weighted by Gasteiger charge is -2.11. The van der Waals surface area contributed by atoms with Crippen molar-refractivity contribution in [1.29, 1.82) is 0 Å². The third-order valence-corrected chi connectivity index (χ3v) is 5.44. The molecule has 2 N–H and O–H groups in total. The molecule has 0 bridgehead atoms. The van der Waals surface area contributed by atoms with Gasteiger partial charge in [-0.3, -0.25) is 14.5 Å². The number of methoxy groups -OCH3 is 1. The Morgan fingerprint density at radius 1 is 1.14 bits per heavy atom. The summed E-state index contributed by atoms with van der Waals surface area (Å²) in [7, 11) is -2.04. The molecule has 2 aromatic carbocycles. The second-order valence-corrected chi connectivity index (χ2v) is 7.76. The summed E-state index contributed by atoms with van der Waals surface area (Å²) in [6.45, 7) is 2.52. The molecule has 0 spiro atoms. The molecule has 1 atom stereocenters. The lowest BCUT2D eigenvalue weighted by atomic mass is 10.2. The summed E-state index contributed by atoms with van der Waals surface area (Å²) >= 11 is 0. The predicted octanol–water partition coefficient (Wildman–Crippen LogP) is 1.78. The van der Waals surface area contributed by atoms with E-state index in [9.17, 15) is 13.2 Å². The molecule has 0 radical (unpaired) electrons. The number of anilines is 1. The molecule has 2 aromatic rings. The van der Waals surface area contributed by atoms with Crippen LogP contribution in [0.4, 0.5) is 5.69 Å². The number of aliphatic imine (C=N–C) groups is 1. The topological polar surface area (TPSA) is 106 Å². The summed E-state index contributed by atoms with van der Waals surface area (Å²) in [5.74, 6) is 0.476. The molecule has 0 aromatic heterocycles. The van der Waals surface area contributed by atoms with E-state index in [1.54, 1.807) is 56.5 Å². The van der Waals surface area contributed by atoms with Gasteiger partial charge in [0.15, 0.2) is 0 Å². The zero-order chi connectivity index (χ0) is 20.1. The molecule has 28 heavy (non-hydrogen) atoms. The van der Waals surface area contributed by atoms with E-state index in [1.807, 2.05) is 0 Å². The number of hydrogen-bond acceptors (Lipinski definition) is 6. The van der Waals surface area contributed by atoms with Gasteiger partial charge in [-0.1, -0.05) is 12.1 Å². The van der Waals surface area contributed by atoms with Gasteiger partial charge < -0.3 is 14.8 Å². The number of carbonyl (C=O) groups is 1. The van der Waals surface area contributed by atoms with E-state index in [1.165, 1.54) is 6.07 Å². The Balaban J connectivity index is 1.66. The van der Waals surface area contributed by atoms with Crippen LogP contribution in [0.5, 0.6) is 5.75 Å². The Hall–Kier alpha value is -2.91. The zero-order valence-electron chi connectivity index (χ0n) is 15.5. The van der Waals surface area contributed by atoms with Gasteiger partial charge in [-0.05, 0) is 43.3 Å². The molecule has 0 aliphatic carbocycles. The van der Waals surface area contributed by atoms with E-state index in [4.69, 9.17) is 9.47 Å². The predicted molar refractivity (Wildman–Crippen MR) is 105 cm³/mol. The van der Waals surface area contributed by atoms with Crippen LogP contribution in [0, 0.1) is 0 Å². The highest BCUT2D eigenvalue weighted by molar-refractivity contribution is 7.90. The molecule has 1 aliphatic heterocycles. The summed E-state index contributed by atoms with van der Waals surface area (Å²) < 4.78 is 37.0. The van der Waals surface area contributed by atoms with Gasteiger partial charge in [0.05, 0.1) is 11.5 Å². The highest BCUT2D eigenvalue weighted by atomic mass is 32.2. The second-order valence-electron chi connectivity index (χ2n) is 6.11. The maximum absolute atomic E-state index is 12.4. The van der Waals surface area contributed by atoms with Gasteiger partial charge in [0, 0.05) is 18.4 Å². The summed E-state index contributed by atoms with van der Waals surface area (Å²) in [5.41, 5.74) is 1.04. The van der Waals surface area contributed by atoms with E-state index >= 15 is 0 Å². The van der Waals surface area contributed by atoms with Crippen LogP contribution in [0.3, 0.4) is 0 Å². The van der Waals surface area contributed by atoms with Gasteiger partial charge in [-0.15, -0.1) is 0 Å². The number of nitrogens with one attached hydrogen (secondary N) is 2. The van der Waals surface area contributed by atoms with Crippen molar-refractivity contribution in [1.82, 2.24) is 4.72 Å². The van der Waals surface area contributed by atoms with Crippen molar-refractivity contribution >= 4 is 27.5 Å². The van der Waals surface area contributed by atoms with Crippen molar-refractivity contribution in [2.24, 2.45) is 4.99 Å². The Labute approximate surface area is 163 Å².